The maximum Gasteiger partial charge on any atom is 0.416 e. The average Bonchev–Trinajstić information content (AvgIpc) is 3.38. The quantitative estimate of drug-likeness (QED) is 0.457. The summed E-state index contributed by atoms with van der Waals surface area (Å²) in [5.74, 6) is 6.20. The van der Waals surface area contributed by atoms with E-state index in [9.17, 15) is 21.6 Å². The lowest BCUT2D eigenvalue weighted by molar-refractivity contribution is -0.137. The third-order valence-electron chi connectivity index (χ3n) is 4.71. The molecule has 4 aromatic rings. The molecule has 33 heavy (non-hydrogen) atoms. The zero-order chi connectivity index (χ0) is 23.8. The van der Waals surface area contributed by atoms with Gasteiger partial charge in [0.05, 0.1) is 22.2 Å². The number of aromatic nitrogens is 3. The largest absolute Gasteiger partial charge is 0.416 e. The molecule has 0 saturated heterocycles. The Morgan fingerprint density at radius 2 is 1.70 bits per heavy atom. The topological polar surface area (TPSA) is 104 Å². The molecule has 4 rings (SSSR count). The molecule has 0 saturated carbocycles. The van der Waals surface area contributed by atoms with E-state index in [-0.39, 0.29) is 4.90 Å². The fourth-order valence-corrected chi connectivity index (χ4v) is 3.56. The second-order valence-electron chi connectivity index (χ2n) is 7.00. The van der Waals surface area contributed by atoms with Crippen molar-refractivity contribution >= 4 is 10.0 Å². The van der Waals surface area contributed by atoms with Gasteiger partial charge < -0.3 is 4.52 Å². The molecule has 0 atom stereocenters. The van der Waals surface area contributed by atoms with Crippen LogP contribution in [0.4, 0.5) is 13.2 Å². The summed E-state index contributed by atoms with van der Waals surface area (Å²) >= 11 is 0. The molecule has 0 spiro atoms. The van der Waals surface area contributed by atoms with Crippen LogP contribution in [0.15, 0.2) is 70.2 Å². The van der Waals surface area contributed by atoms with E-state index in [4.69, 9.17) is 9.66 Å². The van der Waals surface area contributed by atoms with Crippen LogP contribution in [0.2, 0.25) is 0 Å². The van der Waals surface area contributed by atoms with Crippen LogP contribution in [0.25, 0.3) is 22.7 Å². The number of hydrogen-bond donors (Lipinski definition) is 1. The Bertz CT molecular complexity index is 1470. The van der Waals surface area contributed by atoms with Crippen molar-refractivity contribution < 1.29 is 26.1 Å². The minimum absolute atomic E-state index is 0.0208. The third-order valence-corrected chi connectivity index (χ3v) is 5.64. The monoisotopic (exact) mass is 472 g/mol. The van der Waals surface area contributed by atoms with Crippen LogP contribution in [0.1, 0.15) is 16.7 Å². The maximum atomic E-state index is 12.8. The van der Waals surface area contributed by atoms with Gasteiger partial charge in [0.1, 0.15) is 11.4 Å². The second-order valence-corrected chi connectivity index (χ2v) is 8.56. The molecule has 2 aromatic heterocycles. The SMILES string of the molecule is Cn1ncc(C#Cc2ccc(S(N)(=O)=O)cc2)c1-c1cc(-c2ccc(C(F)(F)F)cc2)no1. The highest BCUT2D eigenvalue weighted by molar-refractivity contribution is 7.89. The summed E-state index contributed by atoms with van der Waals surface area (Å²) in [5.41, 5.74) is 1.66. The number of sulfonamides is 1. The van der Waals surface area contributed by atoms with Gasteiger partial charge in [-0.25, -0.2) is 13.6 Å². The highest BCUT2D eigenvalue weighted by Crippen LogP contribution is 2.32. The van der Waals surface area contributed by atoms with Gasteiger partial charge in [-0.05, 0) is 36.4 Å². The zero-order valence-electron chi connectivity index (χ0n) is 17.0. The van der Waals surface area contributed by atoms with E-state index in [1.165, 1.54) is 47.3 Å². The Morgan fingerprint density at radius 3 is 2.30 bits per heavy atom. The van der Waals surface area contributed by atoms with E-state index in [2.05, 4.69) is 22.1 Å². The molecular weight excluding hydrogens is 457 g/mol. The van der Waals surface area contributed by atoms with Crippen molar-refractivity contribution in [3.8, 4) is 34.6 Å². The van der Waals surface area contributed by atoms with Crippen molar-refractivity contribution in [3.63, 3.8) is 0 Å². The fourth-order valence-electron chi connectivity index (χ4n) is 3.04. The fraction of sp³-hybridized carbons (Fsp3) is 0.0909. The molecule has 0 radical (unpaired) electrons. The van der Waals surface area contributed by atoms with E-state index in [1.54, 1.807) is 13.1 Å². The Morgan fingerprint density at radius 1 is 1.03 bits per heavy atom. The molecule has 0 bridgehead atoms. The van der Waals surface area contributed by atoms with Crippen molar-refractivity contribution in [1.82, 2.24) is 14.9 Å². The minimum atomic E-state index is -4.42. The van der Waals surface area contributed by atoms with Crippen LogP contribution >= 0.6 is 0 Å². The molecule has 7 nitrogen and oxygen atoms in total. The van der Waals surface area contributed by atoms with Gasteiger partial charge in [0, 0.05) is 24.2 Å². The zero-order valence-corrected chi connectivity index (χ0v) is 17.8. The molecule has 2 heterocycles. The van der Waals surface area contributed by atoms with Gasteiger partial charge in [0.15, 0.2) is 5.76 Å². The Balaban J connectivity index is 1.62. The summed E-state index contributed by atoms with van der Waals surface area (Å²) in [4.78, 5) is -0.0208. The molecule has 0 aliphatic heterocycles. The number of nitrogens with zero attached hydrogens (tertiary/aromatic N) is 3. The van der Waals surface area contributed by atoms with Crippen molar-refractivity contribution in [1.29, 1.82) is 0 Å². The number of hydrogen-bond acceptors (Lipinski definition) is 5. The van der Waals surface area contributed by atoms with Gasteiger partial charge in [-0.15, -0.1) is 0 Å². The highest BCUT2D eigenvalue weighted by Gasteiger charge is 2.30. The molecule has 0 fully saturated rings. The van der Waals surface area contributed by atoms with E-state index < -0.39 is 21.8 Å². The normalized spacial score (nSPS) is 11.8. The van der Waals surface area contributed by atoms with E-state index in [1.807, 2.05) is 0 Å². The number of halogens is 3. The van der Waals surface area contributed by atoms with Crippen LogP contribution in [-0.4, -0.2) is 23.4 Å². The number of primary sulfonamides is 1. The van der Waals surface area contributed by atoms with Gasteiger partial charge in [-0.2, -0.15) is 18.3 Å². The highest BCUT2D eigenvalue weighted by atomic mass is 32.2. The molecule has 2 aromatic carbocycles. The lowest BCUT2D eigenvalue weighted by atomic mass is 10.1. The first-order valence-corrected chi connectivity index (χ1v) is 10.9. The van der Waals surface area contributed by atoms with Crippen LogP contribution in [0.5, 0.6) is 0 Å². The first-order valence-electron chi connectivity index (χ1n) is 9.34. The van der Waals surface area contributed by atoms with E-state index in [0.29, 0.717) is 33.8 Å². The maximum absolute atomic E-state index is 12.8. The second kappa shape index (κ2) is 8.23. The average molecular weight is 472 g/mol. The summed E-state index contributed by atoms with van der Waals surface area (Å²) in [5, 5.41) is 13.2. The molecule has 168 valence electrons. The summed E-state index contributed by atoms with van der Waals surface area (Å²) in [6, 6.07) is 12.0. The Hall–Kier alpha value is -3.88. The first-order chi connectivity index (χ1) is 15.5. The van der Waals surface area contributed by atoms with Crippen molar-refractivity contribution in [2.75, 3.05) is 0 Å². The van der Waals surface area contributed by atoms with Crippen LogP contribution in [0, 0.1) is 11.8 Å². The summed E-state index contributed by atoms with van der Waals surface area (Å²) in [6.45, 7) is 0. The molecule has 0 amide bonds. The molecular formula is C22H15F3N4O3S. The van der Waals surface area contributed by atoms with Crippen molar-refractivity contribution in [2.45, 2.75) is 11.1 Å². The van der Waals surface area contributed by atoms with Crippen molar-refractivity contribution in [2.24, 2.45) is 12.2 Å². The van der Waals surface area contributed by atoms with Crippen LogP contribution < -0.4 is 5.14 Å². The number of alkyl halides is 3. The lowest BCUT2D eigenvalue weighted by Gasteiger charge is -2.06. The van der Waals surface area contributed by atoms with Gasteiger partial charge in [-0.3, -0.25) is 4.68 Å². The van der Waals surface area contributed by atoms with Crippen molar-refractivity contribution in [3.05, 3.63) is 77.5 Å². The summed E-state index contributed by atoms with van der Waals surface area (Å²) < 4.78 is 68.0. The van der Waals surface area contributed by atoms with E-state index >= 15 is 0 Å². The predicted molar refractivity (Wildman–Crippen MR) is 113 cm³/mol. The van der Waals surface area contributed by atoms with Gasteiger partial charge in [-0.1, -0.05) is 29.1 Å². The molecule has 0 unspecified atom stereocenters. The molecule has 0 aliphatic carbocycles. The smallest absolute Gasteiger partial charge is 0.354 e. The standard InChI is InChI=1S/C22H15F3N4O3S/c1-29-21(16(13-27-29)5-2-14-3-10-18(11-4-14)33(26,30)31)20-12-19(28-32-20)15-6-8-17(9-7-15)22(23,24)25/h3-4,6-13H,1H3,(H2,26,30,31). The number of nitrogens with two attached hydrogens (primary N) is 1. The minimum Gasteiger partial charge on any atom is -0.354 e. The predicted octanol–water partition coefficient (Wildman–Crippen LogP) is 3.81. The van der Waals surface area contributed by atoms with E-state index in [0.717, 1.165) is 12.1 Å². The summed E-state index contributed by atoms with van der Waals surface area (Å²) in [7, 11) is -2.11. The number of aryl methyl sites for hydroxylation is 1. The lowest BCUT2D eigenvalue weighted by Crippen LogP contribution is -2.11. The summed E-state index contributed by atoms with van der Waals surface area (Å²) in [6.07, 6.45) is -2.89. The Labute approximate surface area is 186 Å². The van der Waals surface area contributed by atoms with Gasteiger partial charge >= 0.3 is 6.18 Å². The van der Waals surface area contributed by atoms with Gasteiger partial charge in [0.25, 0.3) is 0 Å². The molecule has 2 N–H and O–H groups in total. The molecule has 11 heteroatoms. The van der Waals surface area contributed by atoms with Crippen LogP contribution in [0.3, 0.4) is 0 Å². The number of rotatable bonds is 3. The first kappa shape index (κ1) is 22.3. The third kappa shape index (κ3) is 4.82. The van der Waals surface area contributed by atoms with Gasteiger partial charge in [0.2, 0.25) is 10.0 Å². The number of benzene rings is 2. The van der Waals surface area contributed by atoms with Crippen LogP contribution in [-0.2, 0) is 23.2 Å². The molecule has 0 aliphatic rings. The Kier molecular flexibility index (Phi) is 5.57.